The third-order valence-electron chi connectivity index (χ3n) is 7.83. The number of fused-ring (bicyclic) bond motifs is 12. The highest BCUT2D eigenvalue weighted by Crippen LogP contribution is 2.40. The van der Waals surface area contributed by atoms with E-state index in [1.807, 2.05) is 78.9 Å². The highest BCUT2D eigenvalue weighted by Gasteiger charge is 2.17. The summed E-state index contributed by atoms with van der Waals surface area (Å²) in [6.45, 7) is 0. The van der Waals surface area contributed by atoms with Gasteiger partial charge in [-0.15, -0.1) is 0 Å². The molecule has 0 aliphatic carbocycles. The van der Waals surface area contributed by atoms with Gasteiger partial charge in [0.25, 0.3) is 0 Å². The van der Waals surface area contributed by atoms with E-state index in [4.69, 9.17) is 17.7 Å². The Morgan fingerprint density at radius 1 is 0.326 bits per heavy atom. The predicted molar refractivity (Wildman–Crippen MR) is 188 cm³/mol. The molecule has 0 saturated carbocycles. The summed E-state index contributed by atoms with van der Waals surface area (Å²) in [6, 6.07) is 38.9. The van der Waals surface area contributed by atoms with E-state index in [9.17, 15) is 0 Å². The zero-order valence-corrected chi connectivity index (χ0v) is 23.6. The molecular weight excluding hydrogens is 647 g/mol. The predicted octanol–water partition coefficient (Wildman–Crippen LogP) is 12.8. The minimum atomic E-state index is 0. The fourth-order valence-electron chi connectivity index (χ4n) is 5.94. The normalized spacial score (nSPS) is 11.5. The molecule has 0 spiro atoms. The minimum Gasteiger partial charge on any atom is -0.456 e. The van der Waals surface area contributed by atoms with E-state index in [1.165, 1.54) is 0 Å². The van der Waals surface area contributed by atoms with E-state index in [1.54, 1.807) is 0 Å². The number of benzene rings is 6. The van der Waals surface area contributed by atoms with E-state index >= 15 is 0 Å². The summed E-state index contributed by atoms with van der Waals surface area (Å²) in [5, 5.41) is 9.17. The molecule has 0 saturated heterocycles. The third kappa shape index (κ3) is 4.02. The first-order valence-electron chi connectivity index (χ1n) is 13.4. The lowest BCUT2D eigenvalue weighted by atomic mass is 10.1. The Morgan fingerprint density at radius 2 is 0.651 bits per heavy atom. The van der Waals surface area contributed by atoms with Crippen LogP contribution in [-0.4, -0.2) is 0 Å². The van der Waals surface area contributed by atoms with Crippen molar-refractivity contribution in [1.82, 2.24) is 0 Å². The SMILES string of the molecule is C.C.Ic1c2oc3ccccc3c2cc2c1oc1ccccc12.c1ccc2c(c1)oc1cc3oc4ccccc4c3cc12. The first kappa shape index (κ1) is 27.1. The van der Waals surface area contributed by atoms with Crippen LogP contribution < -0.4 is 0 Å². The Kier molecular flexibility index (Phi) is 6.43. The topological polar surface area (TPSA) is 52.6 Å². The maximum absolute atomic E-state index is 6.02. The first-order valence-corrected chi connectivity index (χ1v) is 14.4. The average Bonchev–Trinajstić information content (AvgIpc) is 3.77. The lowest BCUT2D eigenvalue weighted by molar-refractivity contribution is 0.652. The average molecular weight is 675 g/mol. The fraction of sp³-hybridized carbons (Fsp3) is 0.0526. The largest absolute Gasteiger partial charge is 0.456 e. The van der Waals surface area contributed by atoms with E-state index in [0.29, 0.717) is 0 Å². The van der Waals surface area contributed by atoms with Crippen LogP contribution in [-0.2, 0) is 0 Å². The smallest absolute Gasteiger partial charge is 0.152 e. The molecule has 6 aromatic carbocycles. The molecular formula is C38H27IO4. The Hall–Kier alpha value is -4.75. The van der Waals surface area contributed by atoms with Gasteiger partial charge in [-0.05, 0) is 59.0 Å². The van der Waals surface area contributed by atoms with Crippen molar-refractivity contribution in [2.24, 2.45) is 0 Å². The maximum Gasteiger partial charge on any atom is 0.152 e. The van der Waals surface area contributed by atoms with E-state index in [0.717, 1.165) is 91.3 Å². The van der Waals surface area contributed by atoms with Crippen molar-refractivity contribution in [3.63, 3.8) is 0 Å². The number of halogens is 1. The second-order valence-corrected chi connectivity index (χ2v) is 11.3. The van der Waals surface area contributed by atoms with Gasteiger partial charge < -0.3 is 17.7 Å². The summed E-state index contributed by atoms with van der Waals surface area (Å²) in [6.07, 6.45) is 0. The molecule has 0 bridgehead atoms. The second kappa shape index (κ2) is 10.2. The van der Waals surface area contributed by atoms with Crippen molar-refractivity contribution >= 4 is 110 Å². The molecule has 0 aliphatic rings. The monoisotopic (exact) mass is 674 g/mol. The summed E-state index contributed by atoms with van der Waals surface area (Å²) >= 11 is 2.32. The van der Waals surface area contributed by atoms with Gasteiger partial charge in [0, 0.05) is 49.2 Å². The second-order valence-electron chi connectivity index (χ2n) is 10.2. The van der Waals surface area contributed by atoms with Crippen LogP contribution in [0.3, 0.4) is 0 Å². The number of hydrogen-bond acceptors (Lipinski definition) is 4. The Labute approximate surface area is 260 Å². The van der Waals surface area contributed by atoms with Crippen LogP contribution in [0.25, 0.3) is 87.8 Å². The van der Waals surface area contributed by atoms with Crippen LogP contribution >= 0.6 is 22.6 Å². The molecule has 0 fully saturated rings. The van der Waals surface area contributed by atoms with Gasteiger partial charge in [-0.3, -0.25) is 0 Å². The van der Waals surface area contributed by atoms with Crippen LogP contribution in [0.2, 0.25) is 0 Å². The summed E-state index contributed by atoms with van der Waals surface area (Å²) in [7, 11) is 0. The number of para-hydroxylation sites is 4. The quantitative estimate of drug-likeness (QED) is 0.150. The zero-order valence-electron chi connectivity index (χ0n) is 21.5. The number of rotatable bonds is 0. The molecule has 10 aromatic rings. The summed E-state index contributed by atoms with van der Waals surface area (Å²) < 4.78 is 24.9. The van der Waals surface area contributed by atoms with Crippen LogP contribution in [0.15, 0.2) is 133 Å². The lowest BCUT2D eigenvalue weighted by Gasteiger charge is -1.95. The number of hydrogen-bond donors (Lipinski definition) is 0. The Bertz CT molecular complexity index is 2440. The molecule has 0 radical (unpaired) electrons. The van der Waals surface area contributed by atoms with Crippen molar-refractivity contribution in [3.8, 4) is 0 Å². The fourth-order valence-corrected chi connectivity index (χ4v) is 6.74. The van der Waals surface area contributed by atoms with Gasteiger partial charge in [0.15, 0.2) is 11.2 Å². The van der Waals surface area contributed by atoms with E-state index in [2.05, 4.69) is 59.0 Å². The number of furan rings is 4. The molecule has 0 atom stereocenters. The molecule has 4 nitrogen and oxygen atoms in total. The van der Waals surface area contributed by atoms with Crippen molar-refractivity contribution in [2.75, 3.05) is 0 Å². The highest BCUT2D eigenvalue weighted by atomic mass is 127. The van der Waals surface area contributed by atoms with Crippen molar-refractivity contribution in [2.45, 2.75) is 14.9 Å². The molecule has 43 heavy (non-hydrogen) atoms. The van der Waals surface area contributed by atoms with Crippen LogP contribution in [0.5, 0.6) is 0 Å². The van der Waals surface area contributed by atoms with Crippen LogP contribution in [0.1, 0.15) is 14.9 Å². The highest BCUT2D eigenvalue weighted by molar-refractivity contribution is 14.1. The molecule has 0 aliphatic heterocycles. The molecule has 10 rings (SSSR count). The summed E-state index contributed by atoms with van der Waals surface area (Å²) in [5.41, 5.74) is 7.23. The Morgan fingerprint density at radius 3 is 1.07 bits per heavy atom. The van der Waals surface area contributed by atoms with Crippen molar-refractivity contribution in [1.29, 1.82) is 0 Å². The van der Waals surface area contributed by atoms with Crippen molar-refractivity contribution in [3.05, 3.63) is 119 Å². The molecule has 210 valence electrons. The van der Waals surface area contributed by atoms with Gasteiger partial charge in [0.05, 0.1) is 3.57 Å². The van der Waals surface area contributed by atoms with Gasteiger partial charge in [-0.25, -0.2) is 0 Å². The zero-order chi connectivity index (χ0) is 27.1. The summed E-state index contributed by atoms with van der Waals surface area (Å²) in [5.74, 6) is 0. The summed E-state index contributed by atoms with van der Waals surface area (Å²) in [4.78, 5) is 0. The molecule has 0 amide bonds. The molecule has 0 unspecified atom stereocenters. The van der Waals surface area contributed by atoms with Crippen LogP contribution in [0, 0.1) is 3.57 Å². The Balaban J connectivity index is 0.000000134. The van der Waals surface area contributed by atoms with Gasteiger partial charge in [-0.2, -0.15) is 0 Å². The molecule has 0 N–H and O–H groups in total. The molecule has 5 heteroatoms. The molecule has 4 aromatic heterocycles. The maximum atomic E-state index is 6.02. The van der Waals surface area contributed by atoms with Crippen LogP contribution in [0.4, 0.5) is 0 Å². The standard InChI is InChI=1S/C18H9IO2.C18H10O2.2CH4/c19-16-17-12(10-5-1-3-7-14(10)20-17)9-13-11-6-2-4-8-15(11)21-18(13)16;1-3-7-15-11(5-1)13-9-14-12-6-2-4-8-16(12)20-18(14)10-17(13)19-15;;/h1-9H;1-10H;2*1H4. The van der Waals surface area contributed by atoms with Gasteiger partial charge >= 0.3 is 0 Å². The van der Waals surface area contributed by atoms with Gasteiger partial charge in [0.2, 0.25) is 0 Å². The van der Waals surface area contributed by atoms with Gasteiger partial charge in [-0.1, -0.05) is 87.6 Å². The minimum absolute atomic E-state index is 0. The van der Waals surface area contributed by atoms with E-state index < -0.39 is 0 Å². The lowest BCUT2D eigenvalue weighted by Crippen LogP contribution is -1.75. The molecule has 4 heterocycles. The van der Waals surface area contributed by atoms with E-state index in [-0.39, 0.29) is 14.9 Å². The van der Waals surface area contributed by atoms with Crippen molar-refractivity contribution < 1.29 is 17.7 Å². The first-order chi connectivity index (χ1) is 20.2. The van der Waals surface area contributed by atoms with Gasteiger partial charge in [0.1, 0.15) is 33.5 Å². The third-order valence-corrected chi connectivity index (χ3v) is 8.81.